The zero-order valence-corrected chi connectivity index (χ0v) is 14.1. The minimum atomic E-state index is -0.408. The Morgan fingerprint density at radius 1 is 1.32 bits per heavy atom. The van der Waals surface area contributed by atoms with Crippen LogP contribution in [0.25, 0.3) is 10.9 Å². The maximum atomic E-state index is 14.3. The van der Waals surface area contributed by atoms with E-state index >= 15 is 0 Å². The van der Waals surface area contributed by atoms with Crippen LogP contribution in [0.1, 0.15) is 19.3 Å². The summed E-state index contributed by atoms with van der Waals surface area (Å²) >= 11 is 9.21. The van der Waals surface area contributed by atoms with Crippen molar-refractivity contribution in [2.75, 3.05) is 24.6 Å². The third kappa shape index (κ3) is 2.28. The highest BCUT2D eigenvalue weighted by Gasteiger charge is 2.42. The molecule has 0 bridgehead atoms. The molecule has 1 spiro atoms. The largest absolute Gasteiger partial charge is 0.373 e. The first kappa shape index (κ1) is 14.6. The molecule has 7 heteroatoms. The van der Waals surface area contributed by atoms with Gasteiger partial charge in [0, 0.05) is 24.9 Å². The quantitative estimate of drug-likeness (QED) is 0.696. The van der Waals surface area contributed by atoms with Gasteiger partial charge in [-0.1, -0.05) is 0 Å². The van der Waals surface area contributed by atoms with Crippen LogP contribution in [0.5, 0.6) is 0 Å². The van der Waals surface area contributed by atoms with E-state index < -0.39 is 5.82 Å². The van der Waals surface area contributed by atoms with Crippen molar-refractivity contribution < 1.29 is 9.13 Å². The van der Waals surface area contributed by atoms with Gasteiger partial charge in [0.05, 0.1) is 16.7 Å². The Morgan fingerprint density at radius 3 is 2.86 bits per heavy atom. The van der Waals surface area contributed by atoms with Crippen molar-refractivity contribution in [2.24, 2.45) is 0 Å². The van der Waals surface area contributed by atoms with Gasteiger partial charge >= 0.3 is 0 Å². The Labute approximate surface area is 140 Å². The van der Waals surface area contributed by atoms with Crippen LogP contribution in [0.4, 0.5) is 10.2 Å². The fourth-order valence-electron chi connectivity index (χ4n) is 3.33. The lowest BCUT2D eigenvalue weighted by Gasteiger charge is -2.48. The Balaban J connectivity index is 1.82. The summed E-state index contributed by atoms with van der Waals surface area (Å²) in [7, 11) is 0. The Hall–Kier alpha value is -0.980. The summed E-state index contributed by atoms with van der Waals surface area (Å²) in [5.74, 6) is 0.283. The molecule has 116 valence electrons. The van der Waals surface area contributed by atoms with Crippen LogP contribution in [-0.2, 0) is 4.74 Å². The molecule has 0 amide bonds. The first-order valence-electron chi connectivity index (χ1n) is 7.28. The molecule has 0 aliphatic carbocycles. The van der Waals surface area contributed by atoms with Gasteiger partial charge in [-0.15, -0.1) is 0 Å². The third-order valence-corrected chi connectivity index (χ3v) is 5.30. The van der Waals surface area contributed by atoms with Crippen LogP contribution >= 0.6 is 27.5 Å². The van der Waals surface area contributed by atoms with Crippen molar-refractivity contribution in [1.82, 2.24) is 9.97 Å². The molecule has 3 heterocycles. The van der Waals surface area contributed by atoms with Gasteiger partial charge < -0.3 is 9.64 Å². The molecule has 2 fully saturated rings. The summed E-state index contributed by atoms with van der Waals surface area (Å²) in [6, 6.07) is 3.51. The normalized spacial score (nSPS) is 24.8. The van der Waals surface area contributed by atoms with Crippen LogP contribution < -0.4 is 4.90 Å². The van der Waals surface area contributed by atoms with Gasteiger partial charge in [0.1, 0.15) is 11.3 Å². The number of anilines is 1. The number of benzene rings is 1. The molecule has 0 N–H and O–H groups in total. The monoisotopic (exact) mass is 385 g/mol. The highest BCUT2D eigenvalue weighted by molar-refractivity contribution is 9.10. The first-order chi connectivity index (χ1) is 10.6. The number of halogens is 3. The lowest BCUT2D eigenvalue weighted by Crippen LogP contribution is -2.56. The summed E-state index contributed by atoms with van der Waals surface area (Å²) in [5, 5.41) is 0.745. The van der Waals surface area contributed by atoms with Gasteiger partial charge in [0.25, 0.3) is 0 Å². The fraction of sp³-hybridized carbons (Fsp3) is 0.467. The van der Waals surface area contributed by atoms with Crippen LogP contribution in [0.3, 0.4) is 0 Å². The molecule has 2 aliphatic rings. The van der Waals surface area contributed by atoms with E-state index in [4.69, 9.17) is 16.3 Å². The van der Waals surface area contributed by atoms with E-state index in [0.29, 0.717) is 15.7 Å². The number of hydrogen-bond acceptors (Lipinski definition) is 4. The standard InChI is InChI=1S/C15H14BrClFN3O/c16-10-3-2-9-12(11(10)18)19-14(17)20-13(9)21-6-1-4-15(8-21)5-7-22-15/h2-3H,1,4-8H2/t15-/m0/s1. The average Bonchev–Trinajstić information content (AvgIpc) is 2.49. The van der Waals surface area contributed by atoms with Gasteiger partial charge in [-0.25, -0.2) is 9.37 Å². The Kier molecular flexibility index (Phi) is 3.51. The fourth-order valence-corrected chi connectivity index (χ4v) is 3.81. The van der Waals surface area contributed by atoms with Gasteiger partial charge in [0.15, 0.2) is 5.82 Å². The SMILES string of the molecule is Fc1c(Br)ccc2c(N3CCC[C@]4(CCO4)C3)nc(Cl)nc12. The van der Waals surface area contributed by atoms with Gasteiger partial charge in [-0.3, -0.25) is 0 Å². The highest BCUT2D eigenvalue weighted by atomic mass is 79.9. The van der Waals surface area contributed by atoms with Gasteiger partial charge in [-0.05, 0) is 52.5 Å². The molecule has 4 nitrogen and oxygen atoms in total. The number of ether oxygens (including phenoxy) is 1. The molecular formula is C15H14BrClFN3O. The zero-order valence-electron chi connectivity index (χ0n) is 11.8. The summed E-state index contributed by atoms with van der Waals surface area (Å²) in [4.78, 5) is 10.6. The number of piperidine rings is 1. The van der Waals surface area contributed by atoms with E-state index in [1.807, 2.05) is 6.07 Å². The van der Waals surface area contributed by atoms with E-state index in [2.05, 4.69) is 30.8 Å². The molecular weight excluding hydrogens is 373 g/mol. The molecule has 2 aromatic rings. The van der Waals surface area contributed by atoms with Crippen molar-refractivity contribution in [1.29, 1.82) is 0 Å². The number of aromatic nitrogens is 2. The molecule has 2 saturated heterocycles. The molecule has 0 saturated carbocycles. The van der Waals surface area contributed by atoms with Crippen molar-refractivity contribution in [3.8, 4) is 0 Å². The molecule has 0 unspecified atom stereocenters. The average molecular weight is 387 g/mol. The predicted molar refractivity (Wildman–Crippen MR) is 87.0 cm³/mol. The van der Waals surface area contributed by atoms with E-state index in [0.717, 1.165) is 39.0 Å². The van der Waals surface area contributed by atoms with E-state index in [1.54, 1.807) is 6.07 Å². The molecule has 1 atom stereocenters. The van der Waals surface area contributed by atoms with Gasteiger partial charge in [-0.2, -0.15) is 4.98 Å². The number of rotatable bonds is 1. The summed E-state index contributed by atoms with van der Waals surface area (Å²) in [5.41, 5.74) is 0.189. The summed E-state index contributed by atoms with van der Waals surface area (Å²) in [6.45, 7) is 2.46. The molecule has 4 rings (SSSR count). The van der Waals surface area contributed by atoms with Crippen LogP contribution in [0, 0.1) is 5.82 Å². The zero-order chi connectivity index (χ0) is 15.3. The minimum Gasteiger partial charge on any atom is -0.373 e. The van der Waals surface area contributed by atoms with Crippen LogP contribution in [-0.4, -0.2) is 35.3 Å². The van der Waals surface area contributed by atoms with Crippen molar-refractivity contribution in [3.63, 3.8) is 0 Å². The van der Waals surface area contributed by atoms with E-state index in [-0.39, 0.29) is 16.4 Å². The van der Waals surface area contributed by atoms with E-state index in [1.165, 1.54) is 0 Å². The summed E-state index contributed by atoms with van der Waals surface area (Å²) in [6.07, 6.45) is 3.17. The Bertz CT molecular complexity index is 753. The van der Waals surface area contributed by atoms with Gasteiger partial charge in [0.2, 0.25) is 5.28 Å². The second kappa shape index (κ2) is 5.28. The number of fused-ring (bicyclic) bond motifs is 1. The lowest BCUT2D eigenvalue weighted by atomic mass is 9.86. The molecule has 1 aromatic heterocycles. The van der Waals surface area contributed by atoms with Crippen LogP contribution in [0.15, 0.2) is 16.6 Å². The lowest BCUT2D eigenvalue weighted by molar-refractivity contribution is -0.151. The molecule has 2 aliphatic heterocycles. The van der Waals surface area contributed by atoms with Crippen LogP contribution in [0.2, 0.25) is 5.28 Å². The second-order valence-corrected chi connectivity index (χ2v) is 7.07. The van der Waals surface area contributed by atoms with Crippen molar-refractivity contribution >= 4 is 44.3 Å². The van der Waals surface area contributed by atoms with Crippen molar-refractivity contribution in [3.05, 3.63) is 27.7 Å². The van der Waals surface area contributed by atoms with Crippen molar-refractivity contribution in [2.45, 2.75) is 24.9 Å². The second-order valence-electron chi connectivity index (χ2n) is 5.88. The predicted octanol–water partition coefficient (Wildman–Crippen LogP) is 3.94. The minimum absolute atomic E-state index is 0.0596. The first-order valence-corrected chi connectivity index (χ1v) is 8.45. The van der Waals surface area contributed by atoms with E-state index in [9.17, 15) is 4.39 Å². The third-order valence-electron chi connectivity index (χ3n) is 4.52. The maximum absolute atomic E-state index is 14.3. The number of nitrogens with zero attached hydrogens (tertiary/aromatic N) is 3. The topological polar surface area (TPSA) is 38.2 Å². The highest BCUT2D eigenvalue weighted by Crippen LogP contribution is 2.39. The molecule has 22 heavy (non-hydrogen) atoms. The Morgan fingerprint density at radius 2 is 2.14 bits per heavy atom. The summed E-state index contributed by atoms with van der Waals surface area (Å²) < 4.78 is 20.5. The maximum Gasteiger partial charge on any atom is 0.225 e. The molecule has 1 aromatic carbocycles. The smallest absolute Gasteiger partial charge is 0.225 e. The number of hydrogen-bond donors (Lipinski definition) is 0. The molecule has 0 radical (unpaired) electrons.